The molecule has 0 spiro atoms. The summed E-state index contributed by atoms with van der Waals surface area (Å²) in [7, 11) is 0. The van der Waals surface area contributed by atoms with E-state index in [9.17, 15) is 14.0 Å². The highest BCUT2D eigenvalue weighted by Gasteiger charge is 2.17. The summed E-state index contributed by atoms with van der Waals surface area (Å²) < 4.78 is 18.3. The van der Waals surface area contributed by atoms with E-state index in [-0.39, 0.29) is 21.3 Å². The fourth-order valence-corrected chi connectivity index (χ4v) is 2.32. The van der Waals surface area contributed by atoms with Gasteiger partial charge in [0.2, 0.25) is 0 Å². The van der Waals surface area contributed by atoms with Crippen molar-refractivity contribution >= 4 is 40.8 Å². The number of rotatable bonds is 4. The second-order valence-corrected chi connectivity index (χ2v) is 5.50. The second-order valence-electron chi connectivity index (χ2n) is 4.68. The Bertz CT molecular complexity index is 745. The lowest BCUT2D eigenvalue weighted by atomic mass is 10.2. The predicted octanol–water partition coefficient (Wildman–Crippen LogP) is 4.24. The number of hydrogen-bond donors (Lipinski definition) is 1. The van der Waals surface area contributed by atoms with E-state index in [0.29, 0.717) is 5.56 Å². The number of aryl methyl sites for hydroxylation is 1. The molecule has 1 N–H and O–H groups in total. The molecular weight excluding hydrogens is 344 g/mol. The molecule has 0 heterocycles. The summed E-state index contributed by atoms with van der Waals surface area (Å²) in [6.07, 6.45) is 0. The summed E-state index contributed by atoms with van der Waals surface area (Å²) >= 11 is 11.7. The highest BCUT2D eigenvalue weighted by molar-refractivity contribution is 6.39. The zero-order valence-electron chi connectivity index (χ0n) is 12.0. The molecule has 0 fully saturated rings. The van der Waals surface area contributed by atoms with Crippen molar-refractivity contribution in [3.05, 3.63) is 63.4 Å². The van der Waals surface area contributed by atoms with Crippen LogP contribution in [0.2, 0.25) is 10.0 Å². The Labute approximate surface area is 142 Å². The third-order valence-corrected chi connectivity index (χ3v) is 3.59. The summed E-state index contributed by atoms with van der Waals surface area (Å²) in [5.74, 6) is -1.86. The zero-order chi connectivity index (χ0) is 17.0. The minimum Gasteiger partial charge on any atom is -0.452 e. The summed E-state index contributed by atoms with van der Waals surface area (Å²) in [4.78, 5) is 23.6. The number of halogens is 3. The van der Waals surface area contributed by atoms with Crippen molar-refractivity contribution < 1.29 is 18.7 Å². The summed E-state index contributed by atoms with van der Waals surface area (Å²) in [6, 6.07) is 8.81. The summed E-state index contributed by atoms with van der Waals surface area (Å²) in [5.41, 5.74) is 0.720. The molecule has 2 aromatic rings. The molecule has 0 aromatic heterocycles. The van der Waals surface area contributed by atoms with Crippen molar-refractivity contribution in [3.8, 4) is 0 Å². The Morgan fingerprint density at radius 3 is 2.43 bits per heavy atom. The van der Waals surface area contributed by atoms with E-state index in [0.717, 1.165) is 0 Å². The van der Waals surface area contributed by atoms with Crippen LogP contribution in [-0.2, 0) is 9.53 Å². The van der Waals surface area contributed by atoms with Crippen LogP contribution in [0.1, 0.15) is 15.9 Å². The summed E-state index contributed by atoms with van der Waals surface area (Å²) in [6.45, 7) is 1.06. The zero-order valence-corrected chi connectivity index (χ0v) is 13.5. The Hall–Kier alpha value is -2.11. The number of esters is 1. The van der Waals surface area contributed by atoms with Gasteiger partial charge >= 0.3 is 5.97 Å². The van der Waals surface area contributed by atoms with Crippen LogP contribution in [0, 0.1) is 12.7 Å². The van der Waals surface area contributed by atoms with E-state index in [2.05, 4.69) is 5.32 Å². The number of benzene rings is 2. The van der Waals surface area contributed by atoms with Gasteiger partial charge in [0.25, 0.3) is 5.91 Å². The van der Waals surface area contributed by atoms with Gasteiger partial charge in [-0.05, 0) is 36.8 Å². The molecule has 7 heteroatoms. The molecule has 0 bridgehead atoms. The van der Waals surface area contributed by atoms with Crippen LogP contribution in [0.3, 0.4) is 0 Å². The maximum atomic E-state index is 13.4. The Balaban J connectivity index is 1.96. The average molecular weight is 356 g/mol. The Morgan fingerprint density at radius 1 is 1.17 bits per heavy atom. The largest absolute Gasteiger partial charge is 0.452 e. The summed E-state index contributed by atoms with van der Waals surface area (Å²) in [5, 5.41) is 2.68. The van der Waals surface area contributed by atoms with Gasteiger partial charge in [-0.15, -0.1) is 0 Å². The average Bonchev–Trinajstić information content (AvgIpc) is 2.49. The fraction of sp³-hybridized carbons (Fsp3) is 0.125. The van der Waals surface area contributed by atoms with E-state index >= 15 is 0 Å². The molecule has 0 unspecified atom stereocenters. The van der Waals surface area contributed by atoms with Crippen molar-refractivity contribution in [2.75, 3.05) is 11.9 Å². The van der Waals surface area contributed by atoms with Crippen LogP contribution in [-0.4, -0.2) is 18.5 Å². The first kappa shape index (κ1) is 17.2. The monoisotopic (exact) mass is 355 g/mol. The van der Waals surface area contributed by atoms with Gasteiger partial charge in [-0.3, -0.25) is 4.79 Å². The van der Waals surface area contributed by atoms with Gasteiger partial charge in [0.1, 0.15) is 5.82 Å². The molecule has 23 heavy (non-hydrogen) atoms. The first-order valence-electron chi connectivity index (χ1n) is 6.55. The van der Waals surface area contributed by atoms with Crippen LogP contribution in [0.25, 0.3) is 0 Å². The number of amides is 1. The van der Waals surface area contributed by atoms with Crippen LogP contribution in [0.5, 0.6) is 0 Å². The first-order chi connectivity index (χ1) is 10.9. The van der Waals surface area contributed by atoms with Crippen molar-refractivity contribution in [2.45, 2.75) is 6.92 Å². The van der Waals surface area contributed by atoms with Gasteiger partial charge in [0.15, 0.2) is 6.61 Å². The topological polar surface area (TPSA) is 55.4 Å². The Kier molecular flexibility index (Phi) is 5.58. The van der Waals surface area contributed by atoms with E-state index in [4.69, 9.17) is 27.9 Å². The highest BCUT2D eigenvalue weighted by atomic mass is 35.5. The smallest absolute Gasteiger partial charge is 0.341 e. The standard InChI is InChI=1S/C16H12Cl2FNO3/c1-9-5-6-10(7-13(9)19)20-14(21)8-23-16(22)15-11(17)3-2-4-12(15)18/h2-7H,8H2,1H3,(H,20,21). The number of carbonyl (C=O) groups excluding carboxylic acids is 2. The number of hydrogen-bond acceptors (Lipinski definition) is 3. The maximum Gasteiger partial charge on any atom is 0.341 e. The van der Waals surface area contributed by atoms with Gasteiger partial charge in [0.05, 0.1) is 15.6 Å². The SMILES string of the molecule is Cc1ccc(NC(=O)COC(=O)c2c(Cl)cccc2Cl)cc1F. The predicted molar refractivity (Wildman–Crippen MR) is 86.5 cm³/mol. The molecule has 4 nitrogen and oxygen atoms in total. The molecule has 0 radical (unpaired) electrons. The molecular formula is C16H12Cl2FNO3. The van der Waals surface area contributed by atoms with E-state index in [1.807, 2.05) is 0 Å². The van der Waals surface area contributed by atoms with Crippen molar-refractivity contribution in [3.63, 3.8) is 0 Å². The molecule has 0 aliphatic heterocycles. The van der Waals surface area contributed by atoms with Crippen molar-refractivity contribution in [1.82, 2.24) is 0 Å². The normalized spacial score (nSPS) is 10.3. The van der Waals surface area contributed by atoms with Crippen LogP contribution < -0.4 is 5.32 Å². The quantitative estimate of drug-likeness (QED) is 0.834. The molecule has 1 amide bonds. The number of nitrogens with one attached hydrogen (secondary N) is 1. The van der Waals surface area contributed by atoms with E-state index < -0.39 is 24.3 Å². The minimum absolute atomic E-state index is 0.00925. The van der Waals surface area contributed by atoms with Gasteiger partial charge in [-0.25, -0.2) is 9.18 Å². The third-order valence-electron chi connectivity index (χ3n) is 2.96. The van der Waals surface area contributed by atoms with E-state index in [1.165, 1.54) is 24.3 Å². The fourth-order valence-electron chi connectivity index (χ4n) is 1.76. The van der Waals surface area contributed by atoms with Crippen LogP contribution in [0.4, 0.5) is 10.1 Å². The lowest BCUT2D eigenvalue weighted by molar-refractivity contribution is -0.119. The number of anilines is 1. The van der Waals surface area contributed by atoms with Gasteiger partial charge < -0.3 is 10.1 Å². The number of ether oxygens (including phenoxy) is 1. The van der Waals surface area contributed by atoms with Crippen LogP contribution in [0.15, 0.2) is 36.4 Å². The second kappa shape index (κ2) is 7.44. The van der Waals surface area contributed by atoms with Gasteiger partial charge in [-0.1, -0.05) is 35.3 Å². The molecule has 120 valence electrons. The lowest BCUT2D eigenvalue weighted by Gasteiger charge is -2.09. The molecule has 0 aliphatic carbocycles. The molecule has 0 aliphatic rings. The van der Waals surface area contributed by atoms with E-state index in [1.54, 1.807) is 19.1 Å². The molecule has 0 saturated carbocycles. The van der Waals surface area contributed by atoms with Gasteiger partial charge in [-0.2, -0.15) is 0 Å². The lowest BCUT2D eigenvalue weighted by Crippen LogP contribution is -2.21. The molecule has 0 saturated heterocycles. The number of carbonyl (C=O) groups is 2. The van der Waals surface area contributed by atoms with Crippen molar-refractivity contribution in [1.29, 1.82) is 0 Å². The maximum absolute atomic E-state index is 13.4. The van der Waals surface area contributed by atoms with Gasteiger partial charge in [0, 0.05) is 5.69 Å². The minimum atomic E-state index is -0.814. The third kappa shape index (κ3) is 4.43. The molecule has 0 atom stereocenters. The van der Waals surface area contributed by atoms with Crippen LogP contribution >= 0.6 is 23.2 Å². The molecule has 2 rings (SSSR count). The van der Waals surface area contributed by atoms with Crippen molar-refractivity contribution in [2.24, 2.45) is 0 Å². The first-order valence-corrected chi connectivity index (χ1v) is 7.31. The molecule has 2 aromatic carbocycles. The Morgan fingerprint density at radius 2 is 1.83 bits per heavy atom. The highest BCUT2D eigenvalue weighted by Crippen LogP contribution is 2.24.